The summed E-state index contributed by atoms with van der Waals surface area (Å²) in [5.74, 6) is 0.223. The van der Waals surface area contributed by atoms with Crippen molar-refractivity contribution in [2.75, 3.05) is 38.7 Å². The number of anilines is 1. The average molecular weight is 474 g/mol. The van der Waals surface area contributed by atoms with E-state index in [4.69, 9.17) is 9.47 Å². The van der Waals surface area contributed by atoms with Gasteiger partial charge in [-0.1, -0.05) is 12.1 Å². The fourth-order valence-corrected chi connectivity index (χ4v) is 5.86. The van der Waals surface area contributed by atoms with Gasteiger partial charge in [0.05, 0.1) is 36.5 Å². The molecule has 10 heteroatoms. The summed E-state index contributed by atoms with van der Waals surface area (Å²) in [7, 11) is -2.21. The van der Waals surface area contributed by atoms with Gasteiger partial charge in [0.25, 0.3) is 5.91 Å². The number of hydrogen-bond acceptors (Lipinski definition) is 7. The maximum absolute atomic E-state index is 13.1. The molecule has 8 nitrogen and oxygen atoms in total. The zero-order chi connectivity index (χ0) is 22.7. The maximum Gasteiger partial charge on any atom is 0.258 e. The summed E-state index contributed by atoms with van der Waals surface area (Å²) in [6.45, 7) is 3.11. The van der Waals surface area contributed by atoms with Gasteiger partial charge in [0.1, 0.15) is 5.75 Å². The molecule has 0 aliphatic carbocycles. The Kier molecular flexibility index (Phi) is 6.56. The van der Waals surface area contributed by atoms with Crippen molar-refractivity contribution < 1.29 is 22.7 Å². The van der Waals surface area contributed by atoms with E-state index in [1.165, 1.54) is 27.8 Å². The van der Waals surface area contributed by atoms with Crippen LogP contribution in [0.15, 0.2) is 53.4 Å². The van der Waals surface area contributed by atoms with Crippen molar-refractivity contribution in [3.63, 3.8) is 0 Å². The van der Waals surface area contributed by atoms with Crippen LogP contribution in [0.2, 0.25) is 0 Å². The first kappa shape index (κ1) is 22.4. The zero-order valence-electron chi connectivity index (χ0n) is 17.7. The van der Waals surface area contributed by atoms with Gasteiger partial charge >= 0.3 is 0 Å². The number of benzene rings is 2. The number of morpholine rings is 1. The molecule has 0 bridgehead atoms. The van der Waals surface area contributed by atoms with Crippen molar-refractivity contribution in [3.8, 4) is 17.0 Å². The summed E-state index contributed by atoms with van der Waals surface area (Å²) in [5, 5.41) is 3.16. The molecular weight excluding hydrogens is 450 g/mol. The molecule has 1 N–H and O–H groups in total. The van der Waals surface area contributed by atoms with Crippen molar-refractivity contribution in [1.82, 2.24) is 9.29 Å². The number of rotatable bonds is 6. The van der Waals surface area contributed by atoms with Gasteiger partial charge in [-0.3, -0.25) is 10.1 Å². The normalized spacial score (nSPS) is 14.8. The van der Waals surface area contributed by atoms with Gasteiger partial charge in [0.15, 0.2) is 5.13 Å². The van der Waals surface area contributed by atoms with Gasteiger partial charge < -0.3 is 9.47 Å². The number of carbonyl (C=O) groups excluding carboxylic acids is 1. The molecule has 0 spiro atoms. The first-order chi connectivity index (χ1) is 15.4. The summed E-state index contributed by atoms with van der Waals surface area (Å²) in [5.41, 5.74) is 1.73. The van der Waals surface area contributed by atoms with Crippen molar-refractivity contribution in [2.24, 2.45) is 0 Å². The number of amides is 1. The topological polar surface area (TPSA) is 97.8 Å². The fraction of sp³-hybridized carbons (Fsp3) is 0.273. The highest BCUT2D eigenvalue weighted by atomic mass is 32.2. The Morgan fingerprint density at radius 3 is 2.50 bits per heavy atom. The first-order valence-electron chi connectivity index (χ1n) is 10.0. The van der Waals surface area contributed by atoms with Crippen LogP contribution in [0.4, 0.5) is 5.13 Å². The molecule has 168 valence electrons. The van der Waals surface area contributed by atoms with Gasteiger partial charge in [-0.2, -0.15) is 4.31 Å². The molecule has 0 saturated carbocycles. The SMILES string of the molecule is COc1ccc(-c2nc(NC(=O)c3ccccc3S(=O)(=O)N3CCOCC3)sc2C)cc1. The predicted octanol–water partition coefficient (Wildman–Crippen LogP) is 3.40. The summed E-state index contributed by atoms with van der Waals surface area (Å²) >= 11 is 1.33. The van der Waals surface area contributed by atoms with Crippen LogP contribution in [0.3, 0.4) is 0 Å². The number of ether oxygens (including phenoxy) is 2. The fourth-order valence-electron chi connectivity index (χ4n) is 3.44. The Bertz CT molecular complexity index is 1220. The Morgan fingerprint density at radius 2 is 1.81 bits per heavy atom. The minimum atomic E-state index is -3.82. The zero-order valence-corrected chi connectivity index (χ0v) is 19.3. The lowest BCUT2D eigenvalue weighted by atomic mass is 10.1. The molecule has 32 heavy (non-hydrogen) atoms. The van der Waals surface area contributed by atoms with Crippen LogP contribution in [-0.4, -0.2) is 57.0 Å². The summed E-state index contributed by atoms with van der Waals surface area (Å²) in [6.07, 6.45) is 0. The number of nitrogens with one attached hydrogen (secondary N) is 1. The van der Waals surface area contributed by atoms with E-state index in [-0.39, 0.29) is 23.5 Å². The lowest BCUT2D eigenvalue weighted by Gasteiger charge is -2.26. The maximum atomic E-state index is 13.1. The Morgan fingerprint density at radius 1 is 1.12 bits per heavy atom. The van der Waals surface area contributed by atoms with E-state index >= 15 is 0 Å². The Hall–Kier alpha value is -2.79. The highest BCUT2D eigenvalue weighted by molar-refractivity contribution is 7.89. The quantitative estimate of drug-likeness (QED) is 0.589. The van der Waals surface area contributed by atoms with E-state index in [0.717, 1.165) is 21.9 Å². The molecule has 3 aromatic rings. The molecule has 1 aliphatic heterocycles. The smallest absolute Gasteiger partial charge is 0.258 e. The number of nitrogens with zero attached hydrogens (tertiary/aromatic N) is 2. The summed E-state index contributed by atoms with van der Waals surface area (Å²) < 4.78 is 38.0. The molecule has 1 fully saturated rings. The van der Waals surface area contributed by atoms with Crippen molar-refractivity contribution in [2.45, 2.75) is 11.8 Å². The van der Waals surface area contributed by atoms with Gasteiger partial charge in [0.2, 0.25) is 10.0 Å². The Labute approximate surface area is 190 Å². The highest BCUT2D eigenvalue weighted by Crippen LogP contribution is 2.32. The average Bonchev–Trinajstić information content (AvgIpc) is 3.19. The number of carbonyl (C=O) groups is 1. The van der Waals surface area contributed by atoms with E-state index in [0.29, 0.717) is 18.3 Å². The highest BCUT2D eigenvalue weighted by Gasteiger charge is 2.30. The summed E-state index contributed by atoms with van der Waals surface area (Å²) in [6, 6.07) is 13.7. The lowest BCUT2D eigenvalue weighted by Crippen LogP contribution is -2.41. The molecule has 1 amide bonds. The van der Waals surface area contributed by atoms with Crippen LogP contribution in [0.5, 0.6) is 5.75 Å². The molecule has 4 rings (SSSR count). The van der Waals surface area contributed by atoms with Crippen LogP contribution < -0.4 is 10.1 Å². The van der Waals surface area contributed by atoms with Crippen LogP contribution in [0.1, 0.15) is 15.2 Å². The van der Waals surface area contributed by atoms with Crippen LogP contribution in [0.25, 0.3) is 11.3 Å². The minimum Gasteiger partial charge on any atom is -0.497 e. The Balaban J connectivity index is 1.59. The van der Waals surface area contributed by atoms with E-state index in [1.54, 1.807) is 19.2 Å². The van der Waals surface area contributed by atoms with Gasteiger partial charge in [-0.05, 0) is 43.3 Å². The number of hydrogen-bond donors (Lipinski definition) is 1. The molecule has 2 aromatic carbocycles. The van der Waals surface area contributed by atoms with E-state index < -0.39 is 15.9 Å². The number of thiazole rings is 1. The third-order valence-corrected chi connectivity index (χ3v) is 7.94. The third-order valence-electron chi connectivity index (χ3n) is 5.10. The third kappa shape index (κ3) is 4.53. The monoisotopic (exact) mass is 473 g/mol. The first-order valence-corrected chi connectivity index (χ1v) is 12.3. The van der Waals surface area contributed by atoms with Crippen LogP contribution in [0, 0.1) is 6.92 Å². The van der Waals surface area contributed by atoms with Crippen molar-refractivity contribution >= 4 is 32.4 Å². The van der Waals surface area contributed by atoms with E-state index in [1.807, 2.05) is 31.2 Å². The van der Waals surface area contributed by atoms with Crippen molar-refractivity contribution in [1.29, 1.82) is 0 Å². The molecule has 2 heterocycles. The molecule has 1 aromatic heterocycles. The number of aromatic nitrogens is 1. The molecular formula is C22H23N3O5S2. The predicted molar refractivity (Wildman–Crippen MR) is 123 cm³/mol. The van der Waals surface area contributed by atoms with Crippen LogP contribution >= 0.6 is 11.3 Å². The standard InChI is InChI=1S/C22H23N3O5S2/c1-15-20(16-7-9-17(29-2)10-8-16)23-22(31-15)24-21(26)18-5-3-4-6-19(18)32(27,28)25-11-13-30-14-12-25/h3-10H,11-14H2,1-2H3,(H,23,24,26). The number of methoxy groups -OCH3 is 1. The number of aryl methyl sites for hydroxylation is 1. The van der Waals surface area contributed by atoms with Crippen LogP contribution in [-0.2, 0) is 14.8 Å². The molecule has 1 saturated heterocycles. The summed E-state index contributed by atoms with van der Waals surface area (Å²) in [4.78, 5) is 18.5. The second-order valence-corrected chi connectivity index (χ2v) is 10.2. The van der Waals surface area contributed by atoms with E-state index in [2.05, 4.69) is 10.3 Å². The molecule has 0 atom stereocenters. The van der Waals surface area contributed by atoms with Crippen molar-refractivity contribution in [3.05, 3.63) is 59.0 Å². The second-order valence-electron chi connectivity index (χ2n) is 7.12. The second kappa shape index (κ2) is 9.37. The van der Waals surface area contributed by atoms with Gasteiger partial charge in [-0.25, -0.2) is 13.4 Å². The van der Waals surface area contributed by atoms with Gasteiger partial charge in [0, 0.05) is 23.5 Å². The van der Waals surface area contributed by atoms with Gasteiger partial charge in [-0.15, -0.1) is 11.3 Å². The van der Waals surface area contributed by atoms with E-state index in [9.17, 15) is 13.2 Å². The molecule has 0 radical (unpaired) electrons. The number of sulfonamides is 1. The lowest BCUT2D eigenvalue weighted by molar-refractivity contribution is 0.0730. The molecule has 0 unspecified atom stereocenters. The molecule has 1 aliphatic rings. The minimum absolute atomic E-state index is 0.0249. The largest absolute Gasteiger partial charge is 0.497 e.